The van der Waals surface area contributed by atoms with E-state index in [0.717, 1.165) is 17.9 Å². The second-order valence-electron chi connectivity index (χ2n) is 3.92. The standard InChI is InChI=1S/C11H19N3O3S2/c12-9-2-3-10(11(8-9)19(13,16)17)14-4-7-18-6-1-5-15/h2-3,8,14-15H,1,4-7,12H2,(H2,13,16,17). The lowest BCUT2D eigenvalue weighted by Gasteiger charge is -2.11. The maximum Gasteiger partial charge on any atom is 0.240 e. The Bertz CT molecular complexity index is 506. The third-order valence-corrected chi connectivity index (χ3v) is 4.34. The zero-order valence-corrected chi connectivity index (χ0v) is 12.1. The van der Waals surface area contributed by atoms with E-state index in [4.69, 9.17) is 16.0 Å². The second kappa shape index (κ2) is 7.59. The minimum atomic E-state index is -3.79. The highest BCUT2D eigenvalue weighted by Gasteiger charge is 2.13. The quantitative estimate of drug-likeness (QED) is 0.409. The highest BCUT2D eigenvalue weighted by Crippen LogP contribution is 2.22. The molecule has 1 aromatic rings. The van der Waals surface area contributed by atoms with Gasteiger partial charge in [0.15, 0.2) is 0 Å². The monoisotopic (exact) mass is 305 g/mol. The van der Waals surface area contributed by atoms with Crippen molar-refractivity contribution in [3.05, 3.63) is 18.2 Å². The number of nitrogen functional groups attached to an aromatic ring is 1. The van der Waals surface area contributed by atoms with Gasteiger partial charge in [0.1, 0.15) is 4.90 Å². The van der Waals surface area contributed by atoms with E-state index in [0.29, 0.717) is 17.9 Å². The Hall–Kier alpha value is -0.960. The fourth-order valence-electron chi connectivity index (χ4n) is 1.45. The van der Waals surface area contributed by atoms with Gasteiger partial charge in [0.25, 0.3) is 0 Å². The van der Waals surface area contributed by atoms with Gasteiger partial charge in [0.2, 0.25) is 10.0 Å². The third kappa shape index (κ3) is 5.68. The van der Waals surface area contributed by atoms with Crippen LogP contribution in [0.1, 0.15) is 6.42 Å². The summed E-state index contributed by atoms with van der Waals surface area (Å²) in [5.74, 6) is 1.69. The summed E-state index contributed by atoms with van der Waals surface area (Å²) in [7, 11) is -3.79. The predicted octanol–water partition coefficient (Wildman–Crippen LogP) is 0.444. The normalized spacial score (nSPS) is 11.5. The Morgan fingerprint density at radius 3 is 2.68 bits per heavy atom. The number of hydrogen-bond donors (Lipinski definition) is 4. The summed E-state index contributed by atoms with van der Waals surface area (Å²) in [6.07, 6.45) is 0.759. The first-order chi connectivity index (χ1) is 8.95. The minimum Gasteiger partial charge on any atom is -0.399 e. The van der Waals surface area contributed by atoms with Gasteiger partial charge in [-0.15, -0.1) is 0 Å². The largest absolute Gasteiger partial charge is 0.399 e. The van der Waals surface area contributed by atoms with Gasteiger partial charge in [-0.3, -0.25) is 0 Å². The van der Waals surface area contributed by atoms with Crippen molar-refractivity contribution < 1.29 is 13.5 Å². The van der Waals surface area contributed by atoms with E-state index < -0.39 is 10.0 Å². The molecule has 0 radical (unpaired) electrons. The number of hydrogen-bond acceptors (Lipinski definition) is 6. The fraction of sp³-hybridized carbons (Fsp3) is 0.455. The van der Waals surface area contributed by atoms with Crippen LogP contribution in [-0.2, 0) is 10.0 Å². The number of nitrogens with two attached hydrogens (primary N) is 2. The summed E-state index contributed by atoms with van der Waals surface area (Å²) in [6, 6.07) is 4.57. The number of sulfonamides is 1. The van der Waals surface area contributed by atoms with E-state index in [9.17, 15) is 8.42 Å². The summed E-state index contributed by atoms with van der Waals surface area (Å²) >= 11 is 1.69. The van der Waals surface area contributed by atoms with Gasteiger partial charge < -0.3 is 16.2 Å². The Balaban J connectivity index is 2.59. The van der Waals surface area contributed by atoms with E-state index in [-0.39, 0.29) is 11.5 Å². The summed E-state index contributed by atoms with van der Waals surface area (Å²) < 4.78 is 22.9. The molecule has 0 aromatic heterocycles. The van der Waals surface area contributed by atoms with Crippen molar-refractivity contribution in [2.24, 2.45) is 5.14 Å². The number of benzene rings is 1. The van der Waals surface area contributed by atoms with Crippen molar-refractivity contribution in [2.75, 3.05) is 35.7 Å². The Morgan fingerprint density at radius 1 is 1.32 bits per heavy atom. The van der Waals surface area contributed by atoms with Crippen molar-refractivity contribution in [1.29, 1.82) is 0 Å². The number of aliphatic hydroxyl groups is 1. The molecule has 0 heterocycles. The van der Waals surface area contributed by atoms with Crippen LogP contribution in [-0.4, -0.2) is 38.2 Å². The molecule has 0 unspecified atom stereocenters. The average molecular weight is 305 g/mol. The van der Waals surface area contributed by atoms with E-state index in [1.807, 2.05) is 0 Å². The van der Waals surface area contributed by atoms with Crippen LogP contribution in [0.4, 0.5) is 11.4 Å². The summed E-state index contributed by atoms with van der Waals surface area (Å²) in [5, 5.41) is 16.8. The van der Waals surface area contributed by atoms with Crippen molar-refractivity contribution in [3.63, 3.8) is 0 Å². The molecule has 0 atom stereocenters. The zero-order valence-electron chi connectivity index (χ0n) is 10.5. The van der Waals surface area contributed by atoms with Gasteiger partial charge >= 0.3 is 0 Å². The predicted molar refractivity (Wildman–Crippen MR) is 79.7 cm³/mol. The number of anilines is 2. The summed E-state index contributed by atoms with van der Waals surface area (Å²) in [6.45, 7) is 0.802. The molecule has 0 saturated heterocycles. The van der Waals surface area contributed by atoms with Gasteiger partial charge in [-0.1, -0.05) is 0 Å². The maximum atomic E-state index is 11.4. The first-order valence-corrected chi connectivity index (χ1v) is 8.50. The Morgan fingerprint density at radius 2 is 2.05 bits per heavy atom. The molecule has 0 aliphatic carbocycles. The topological polar surface area (TPSA) is 118 Å². The number of primary sulfonamides is 1. The van der Waals surface area contributed by atoms with Crippen molar-refractivity contribution in [3.8, 4) is 0 Å². The van der Waals surface area contributed by atoms with Crippen molar-refractivity contribution >= 4 is 33.2 Å². The molecule has 19 heavy (non-hydrogen) atoms. The lowest BCUT2D eigenvalue weighted by Crippen LogP contribution is -2.16. The Kier molecular flexibility index (Phi) is 6.43. The second-order valence-corrected chi connectivity index (χ2v) is 6.67. The average Bonchev–Trinajstić information content (AvgIpc) is 2.34. The zero-order chi connectivity index (χ0) is 14.3. The van der Waals surface area contributed by atoms with Gasteiger partial charge in [-0.2, -0.15) is 11.8 Å². The SMILES string of the molecule is Nc1ccc(NCCSCCCO)c(S(N)(=O)=O)c1. The van der Waals surface area contributed by atoms with Crippen LogP contribution < -0.4 is 16.2 Å². The maximum absolute atomic E-state index is 11.4. The van der Waals surface area contributed by atoms with Crippen LogP contribution in [0.2, 0.25) is 0 Å². The molecule has 6 N–H and O–H groups in total. The molecule has 0 amide bonds. The third-order valence-electron chi connectivity index (χ3n) is 2.32. The Labute approximate surface area is 117 Å². The van der Waals surface area contributed by atoms with Crippen LogP contribution in [0.3, 0.4) is 0 Å². The van der Waals surface area contributed by atoms with Crippen LogP contribution in [0.15, 0.2) is 23.1 Å². The molecular formula is C11H19N3O3S2. The van der Waals surface area contributed by atoms with Gasteiger partial charge in [-0.25, -0.2) is 13.6 Å². The molecular weight excluding hydrogens is 286 g/mol. The molecule has 0 aliphatic rings. The highest BCUT2D eigenvalue weighted by molar-refractivity contribution is 7.99. The van der Waals surface area contributed by atoms with Gasteiger partial charge in [-0.05, 0) is 30.4 Å². The molecule has 6 nitrogen and oxygen atoms in total. The molecule has 0 saturated carbocycles. The van der Waals surface area contributed by atoms with Crippen molar-refractivity contribution in [1.82, 2.24) is 0 Å². The number of aliphatic hydroxyl groups excluding tert-OH is 1. The molecule has 8 heteroatoms. The first kappa shape index (κ1) is 16.1. The van der Waals surface area contributed by atoms with Crippen molar-refractivity contribution in [2.45, 2.75) is 11.3 Å². The molecule has 0 fully saturated rings. The molecule has 0 aliphatic heterocycles. The smallest absolute Gasteiger partial charge is 0.240 e. The number of thioether (sulfide) groups is 1. The summed E-state index contributed by atoms with van der Waals surface area (Å²) in [4.78, 5) is 0.00728. The van der Waals surface area contributed by atoms with E-state index in [1.54, 1.807) is 23.9 Å². The van der Waals surface area contributed by atoms with E-state index >= 15 is 0 Å². The highest BCUT2D eigenvalue weighted by atomic mass is 32.2. The molecule has 1 rings (SSSR count). The molecule has 1 aromatic carbocycles. The molecule has 108 valence electrons. The minimum absolute atomic E-state index is 0.00728. The van der Waals surface area contributed by atoms with Crippen LogP contribution >= 0.6 is 11.8 Å². The van der Waals surface area contributed by atoms with E-state index in [1.165, 1.54) is 6.07 Å². The molecule has 0 spiro atoms. The van der Waals surface area contributed by atoms with Crippen LogP contribution in [0.25, 0.3) is 0 Å². The van der Waals surface area contributed by atoms with Gasteiger partial charge in [0, 0.05) is 24.6 Å². The first-order valence-electron chi connectivity index (χ1n) is 5.80. The van der Waals surface area contributed by atoms with Crippen LogP contribution in [0.5, 0.6) is 0 Å². The summed E-state index contributed by atoms with van der Waals surface area (Å²) in [5.41, 5.74) is 6.37. The van der Waals surface area contributed by atoms with E-state index in [2.05, 4.69) is 5.32 Å². The van der Waals surface area contributed by atoms with Crippen LogP contribution in [0, 0.1) is 0 Å². The number of nitrogens with one attached hydrogen (secondary N) is 1. The molecule has 0 bridgehead atoms. The lowest BCUT2D eigenvalue weighted by atomic mass is 10.3. The lowest BCUT2D eigenvalue weighted by molar-refractivity contribution is 0.296. The van der Waals surface area contributed by atoms with Gasteiger partial charge in [0.05, 0.1) is 5.69 Å². The fourth-order valence-corrected chi connectivity index (χ4v) is 2.98. The number of rotatable bonds is 8.